The standard InChI is InChI=1S/C44H44FN9O6/c1-25(48-43(57)59-2)41(55)53-19-7-11-36(53)39-46-23-34(50-39)28-15-18-32-27(21-28)14-17-33(49-32)29-13-16-30(31(45)22-29)35-24-47-40(51-35)37-12-8-20-54(37)42(56)38(52-44(58)60-3)26-9-5-4-6-10-26/h4-6,9-10,13-18,21-25,36-38H,7-8,11-12,19-20H2,1-3H3,(H,46,50)(H,47,51)(H,48,57)(H,52,58)/t25-,36-,37-,38+/m0/s1. The number of likely N-dealkylation sites (tertiary alicyclic amines) is 2. The van der Waals surface area contributed by atoms with E-state index in [-0.39, 0.29) is 17.9 Å². The van der Waals surface area contributed by atoms with Crippen LogP contribution in [0.15, 0.2) is 91.3 Å². The number of carbonyl (C=O) groups is 4. The predicted octanol–water partition coefficient (Wildman–Crippen LogP) is 6.99. The van der Waals surface area contributed by atoms with Gasteiger partial charge in [-0.05, 0) is 68.5 Å². The van der Waals surface area contributed by atoms with E-state index in [1.807, 2.05) is 42.5 Å². The number of nitrogens with zero attached hydrogens (tertiary/aromatic N) is 5. The maximum atomic E-state index is 15.9. The molecule has 4 N–H and O–H groups in total. The normalized spacial score (nSPS) is 17.3. The SMILES string of the molecule is COC(=O)N[C@@H](C)C(=O)N1CCC[C@H]1c1ncc(-c2ccc3nc(-c4ccc(-c5cnc([C@@H]6CCCN6C(=O)[C@H](NC(=O)OC)c6ccccc6)[nH]5)c(F)c4)ccc3c2)[nH]1. The molecule has 8 rings (SSSR count). The third kappa shape index (κ3) is 8.00. The molecule has 3 aromatic heterocycles. The topological polar surface area (TPSA) is 188 Å². The summed E-state index contributed by atoms with van der Waals surface area (Å²) in [5.41, 5.74) is 5.03. The second kappa shape index (κ2) is 17.0. The summed E-state index contributed by atoms with van der Waals surface area (Å²) in [5.74, 6) is 0.244. The Balaban J connectivity index is 0.959. The van der Waals surface area contributed by atoms with Gasteiger partial charge in [0.15, 0.2) is 0 Å². The number of amides is 4. The Bertz CT molecular complexity index is 2560. The first-order valence-corrected chi connectivity index (χ1v) is 19.8. The van der Waals surface area contributed by atoms with E-state index in [2.05, 4.69) is 35.3 Å². The minimum absolute atomic E-state index is 0.204. The van der Waals surface area contributed by atoms with Crippen LogP contribution >= 0.6 is 0 Å². The van der Waals surface area contributed by atoms with Crippen LogP contribution in [0.5, 0.6) is 0 Å². The molecular weight excluding hydrogens is 770 g/mol. The lowest BCUT2D eigenvalue weighted by atomic mass is 10.0. The zero-order valence-corrected chi connectivity index (χ0v) is 33.3. The number of nitrogens with one attached hydrogen (secondary N) is 4. The third-order valence-electron chi connectivity index (χ3n) is 11.2. The maximum Gasteiger partial charge on any atom is 0.407 e. The lowest BCUT2D eigenvalue weighted by Gasteiger charge is -2.28. The molecule has 4 amide bonds. The van der Waals surface area contributed by atoms with Gasteiger partial charge in [0.05, 0.1) is 61.3 Å². The van der Waals surface area contributed by atoms with E-state index in [1.165, 1.54) is 20.3 Å². The van der Waals surface area contributed by atoms with E-state index in [1.54, 1.807) is 59.4 Å². The van der Waals surface area contributed by atoms with E-state index in [9.17, 15) is 19.2 Å². The number of aromatic amines is 2. The molecule has 4 atom stereocenters. The van der Waals surface area contributed by atoms with E-state index in [0.717, 1.165) is 41.4 Å². The zero-order valence-electron chi connectivity index (χ0n) is 33.3. The van der Waals surface area contributed by atoms with Crippen molar-refractivity contribution in [3.05, 3.63) is 114 Å². The molecule has 60 heavy (non-hydrogen) atoms. The lowest BCUT2D eigenvalue weighted by Crippen LogP contribution is -2.46. The van der Waals surface area contributed by atoms with Gasteiger partial charge in [-0.15, -0.1) is 0 Å². The van der Waals surface area contributed by atoms with Crippen LogP contribution in [0.3, 0.4) is 0 Å². The molecule has 0 aliphatic carbocycles. The van der Waals surface area contributed by atoms with Crippen LogP contribution in [0.2, 0.25) is 0 Å². The van der Waals surface area contributed by atoms with Gasteiger partial charge in [0.25, 0.3) is 5.91 Å². The van der Waals surface area contributed by atoms with E-state index >= 15 is 4.39 Å². The number of methoxy groups -OCH3 is 2. The Labute approximate surface area is 344 Å². The molecule has 0 unspecified atom stereocenters. The number of fused-ring (bicyclic) bond motifs is 1. The van der Waals surface area contributed by atoms with Crippen LogP contribution in [-0.4, -0.2) is 92.1 Å². The van der Waals surface area contributed by atoms with Crippen LogP contribution in [0.4, 0.5) is 14.0 Å². The summed E-state index contributed by atoms with van der Waals surface area (Å²) in [4.78, 5) is 75.0. The number of hydrogen-bond donors (Lipinski definition) is 4. The monoisotopic (exact) mass is 813 g/mol. The van der Waals surface area contributed by atoms with Crippen LogP contribution in [0, 0.1) is 5.82 Å². The molecule has 0 saturated carbocycles. The van der Waals surface area contributed by atoms with E-state index in [0.29, 0.717) is 59.2 Å². The summed E-state index contributed by atoms with van der Waals surface area (Å²) in [5, 5.41) is 6.09. The molecule has 5 heterocycles. The van der Waals surface area contributed by atoms with Gasteiger partial charge in [-0.25, -0.2) is 28.9 Å². The van der Waals surface area contributed by atoms with Gasteiger partial charge in [0.2, 0.25) is 5.91 Å². The van der Waals surface area contributed by atoms with Crippen LogP contribution < -0.4 is 10.6 Å². The number of benzene rings is 3. The van der Waals surface area contributed by atoms with Gasteiger partial charge in [0.1, 0.15) is 29.5 Å². The summed E-state index contributed by atoms with van der Waals surface area (Å²) in [6.07, 6.45) is 4.89. The number of rotatable bonds is 10. The molecular formula is C44H44FN9O6. The second-order valence-corrected chi connectivity index (χ2v) is 14.9. The van der Waals surface area contributed by atoms with Crippen molar-refractivity contribution in [2.75, 3.05) is 27.3 Å². The Morgan fingerprint density at radius 1 is 0.750 bits per heavy atom. The summed E-state index contributed by atoms with van der Waals surface area (Å²) >= 11 is 0. The number of halogens is 1. The molecule has 15 nitrogen and oxygen atoms in total. The lowest BCUT2D eigenvalue weighted by molar-refractivity contribution is -0.135. The van der Waals surface area contributed by atoms with Crippen molar-refractivity contribution in [1.29, 1.82) is 0 Å². The minimum Gasteiger partial charge on any atom is -0.453 e. The van der Waals surface area contributed by atoms with Crippen molar-refractivity contribution in [1.82, 2.24) is 45.4 Å². The minimum atomic E-state index is -0.948. The highest BCUT2D eigenvalue weighted by Gasteiger charge is 2.38. The van der Waals surface area contributed by atoms with Gasteiger partial charge in [0, 0.05) is 35.2 Å². The fourth-order valence-electron chi connectivity index (χ4n) is 8.09. The van der Waals surface area contributed by atoms with Gasteiger partial charge < -0.3 is 39.9 Å². The molecule has 3 aromatic carbocycles. The van der Waals surface area contributed by atoms with Gasteiger partial charge in [-0.2, -0.15) is 0 Å². The predicted molar refractivity (Wildman–Crippen MR) is 219 cm³/mol. The molecule has 2 fully saturated rings. The zero-order chi connectivity index (χ0) is 41.9. The molecule has 0 bridgehead atoms. The molecule has 2 aliphatic rings. The number of imidazole rings is 2. The Kier molecular flexibility index (Phi) is 11.3. The fourth-order valence-corrected chi connectivity index (χ4v) is 8.09. The highest BCUT2D eigenvalue weighted by atomic mass is 19.1. The first-order valence-electron chi connectivity index (χ1n) is 19.8. The Morgan fingerprint density at radius 3 is 2.07 bits per heavy atom. The smallest absolute Gasteiger partial charge is 0.407 e. The largest absolute Gasteiger partial charge is 0.453 e. The number of carbonyl (C=O) groups excluding carboxylic acids is 4. The maximum absolute atomic E-state index is 15.9. The highest BCUT2D eigenvalue weighted by Crippen LogP contribution is 2.36. The van der Waals surface area contributed by atoms with Crippen molar-refractivity contribution in [3.8, 4) is 33.8 Å². The number of aromatic nitrogens is 5. The second-order valence-electron chi connectivity index (χ2n) is 14.9. The van der Waals surface area contributed by atoms with Gasteiger partial charge >= 0.3 is 12.2 Å². The van der Waals surface area contributed by atoms with Crippen molar-refractivity contribution in [2.24, 2.45) is 0 Å². The Morgan fingerprint density at radius 2 is 1.38 bits per heavy atom. The quantitative estimate of drug-likeness (QED) is 0.113. The number of hydrogen-bond acceptors (Lipinski definition) is 9. The van der Waals surface area contributed by atoms with E-state index < -0.39 is 36.1 Å². The number of alkyl carbamates (subject to hydrolysis) is 2. The number of H-pyrrole nitrogens is 2. The van der Waals surface area contributed by atoms with Crippen molar-refractivity contribution in [3.63, 3.8) is 0 Å². The van der Waals surface area contributed by atoms with Crippen LogP contribution in [0.25, 0.3) is 44.7 Å². The Hall–Kier alpha value is -7.10. The third-order valence-corrected chi connectivity index (χ3v) is 11.2. The summed E-state index contributed by atoms with van der Waals surface area (Å²) < 4.78 is 25.3. The molecule has 2 saturated heterocycles. The molecule has 0 spiro atoms. The molecule has 0 radical (unpaired) electrons. The average Bonchev–Trinajstić information content (AvgIpc) is 4.12. The highest BCUT2D eigenvalue weighted by molar-refractivity contribution is 5.88. The molecule has 308 valence electrons. The van der Waals surface area contributed by atoms with Crippen LogP contribution in [0.1, 0.15) is 67.9 Å². The first kappa shape index (κ1) is 39.7. The number of pyridine rings is 1. The first-order chi connectivity index (χ1) is 29.1. The summed E-state index contributed by atoms with van der Waals surface area (Å²) in [7, 11) is 2.51. The summed E-state index contributed by atoms with van der Waals surface area (Å²) in [6.45, 7) is 2.67. The van der Waals surface area contributed by atoms with Crippen LogP contribution in [-0.2, 0) is 19.1 Å². The van der Waals surface area contributed by atoms with Crippen molar-refractivity contribution < 1.29 is 33.0 Å². The van der Waals surface area contributed by atoms with E-state index in [4.69, 9.17) is 9.72 Å². The summed E-state index contributed by atoms with van der Waals surface area (Å²) in [6, 6.07) is 21.2. The average molecular weight is 814 g/mol. The van der Waals surface area contributed by atoms with Crippen molar-refractivity contribution >= 4 is 34.9 Å². The fraction of sp³-hybridized carbons (Fsp3) is 0.295. The molecule has 2 aliphatic heterocycles. The molecule has 16 heteroatoms. The molecule has 6 aromatic rings. The van der Waals surface area contributed by atoms with Gasteiger partial charge in [-0.3, -0.25) is 9.59 Å². The number of ether oxygens (including phenoxy) is 2. The van der Waals surface area contributed by atoms with Gasteiger partial charge in [-0.1, -0.05) is 48.5 Å². The van der Waals surface area contributed by atoms with Crippen molar-refractivity contribution in [2.45, 2.75) is 56.8 Å².